The van der Waals surface area contributed by atoms with Gasteiger partial charge in [-0.2, -0.15) is 0 Å². The molecule has 1 aliphatic heterocycles. The highest BCUT2D eigenvalue weighted by Gasteiger charge is 2.28. The quantitative estimate of drug-likeness (QED) is 0.452. The molecule has 1 heterocycles. The number of benzene rings is 2. The Morgan fingerprint density at radius 1 is 0.828 bits per heavy atom. The number of ether oxygens (including phenoxy) is 2. The predicted molar refractivity (Wildman–Crippen MR) is 116 cm³/mol. The average Bonchev–Trinajstić information content (AvgIpc) is 2.76. The Morgan fingerprint density at radius 3 is 2.17 bits per heavy atom. The standard InChI is InChI=1S/C23H29ClN2O3/c24-22-8-6-21(7-9-22)23(20-4-2-1-3-5-20)26-12-10-25(11-13-26)14-16-28-18-19-29-17-15-27/h1-10,12,23,27H,11,13-19H2/q+2. The summed E-state index contributed by atoms with van der Waals surface area (Å²) in [4.78, 5) is 0. The first-order valence-electron chi connectivity index (χ1n) is 10.0. The molecule has 154 valence electrons. The summed E-state index contributed by atoms with van der Waals surface area (Å²) in [6, 6.07) is 18.8. The molecule has 2 aromatic carbocycles. The van der Waals surface area contributed by atoms with Crippen LogP contribution in [-0.2, 0) is 9.47 Å². The van der Waals surface area contributed by atoms with Gasteiger partial charge in [-0.15, -0.1) is 0 Å². The molecule has 6 heteroatoms. The van der Waals surface area contributed by atoms with E-state index in [1.165, 1.54) is 11.1 Å². The normalized spacial score (nSPS) is 15.0. The number of nitrogens with zero attached hydrogens (tertiary/aromatic N) is 2. The summed E-state index contributed by atoms with van der Waals surface area (Å²) in [5, 5.41) is 9.42. The van der Waals surface area contributed by atoms with Gasteiger partial charge in [0.1, 0.15) is 6.61 Å². The Kier molecular flexibility index (Phi) is 8.83. The second kappa shape index (κ2) is 11.8. The zero-order valence-electron chi connectivity index (χ0n) is 16.6. The molecule has 1 unspecified atom stereocenters. The minimum absolute atomic E-state index is 0.0507. The fourth-order valence-electron chi connectivity index (χ4n) is 3.40. The van der Waals surface area contributed by atoms with Gasteiger partial charge in [0.15, 0.2) is 6.54 Å². The Bertz CT molecular complexity index is 807. The Morgan fingerprint density at radius 2 is 1.52 bits per heavy atom. The third-order valence-electron chi connectivity index (χ3n) is 4.88. The first-order valence-corrected chi connectivity index (χ1v) is 10.4. The van der Waals surface area contributed by atoms with Crippen molar-refractivity contribution in [1.82, 2.24) is 0 Å². The van der Waals surface area contributed by atoms with E-state index in [1.54, 1.807) is 0 Å². The van der Waals surface area contributed by atoms with Crippen LogP contribution in [-0.4, -0.2) is 79.4 Å². The van der Waals surface area contributed by atoms with E-state index < -0.39 is 0 Å². The first kappa shape index (κ1) is 21.7. The highest BCUT2D eigenvalue weighted by Crippen LogP contribution is 2.27. The zero-order chi connectivity index (χ0) is 20.3. The van der Waals surface area contributed by atoms with Crippen LogP contribution < -0.4 is 0 Å². The van der Waals surface area contributed by atoms with Crippen LogP contribution in [0.1, 0.15) is 17.2 Å². The molecule has 0 saturated carbocycles. The molecule has 0 aromatic heterocycles. The summed E-state index contributed by atoms with van der Waals surface area (Å²) >= 11 is 6.10. The molecule has 3 rings (SSSR count). The Balaban J connectivity index is 1.63. The van der Waals surface area contributed by atoms with Crippen molar-refractivity contribution < 1.29 is 23.7 Å². The largest absolute Gasteiger partial charge is 0.394 e. The molecule has 0 fully saturated rings. The molecule has 1 atom stereocenters. The molecule has 0 aliphatic carbocycles. The molecular formula is C23H29ClN2O3+2. The SMILES string of the molecule is OCCOCCOCC[N+]1=CC=[N+](C(c2ccccc2)c2ccc(Cl)cc2)CC1. The van der Waals surface area contributed by atoms with Crippen LogP contribution in [0.5, 0.6) is 0 Å². The minimum atomic E-state index is 0.0507. The zero-order valence-corrected chi connectivity index (χ0v) is 17.4. The molecular weight excluding hydrogens is 388 g/mol. The monoisotopic (exact) mass is 416 g/mol. The Hall–Kier alpha value is -2.05. The van der Waals surface area contributed by atoms with Crippen LogP contribution in [0.3, 0.4) is 0 Å². The van der Waals surface area contributed by atoms with Gasteiger partial charge in [0.05, 0.1) is 26.4 Å². The van der Waals surface area contributed by atoms with Crippen molar-refractivity contribution in [2.45, 2.75) is 6.04 Å². The van der Waals surface area contributed by atoms with E-state index in [0.29, 0.717) is 26.4 Å². The van der Waals surface area contributed by atoms with E-state index in [0.717, 1.165) is 24.7 Å². The van der Waals surface area contributed by atoms with Gasteiger partial charge in [0, 0.05) is 16.1 Å². The van der Waals surface area contributed by atoms with Crippen molar-refractivity contribution in [3.05, 3.63) is 70.7 Å². The highest BCUT2D eigenvalue weighted by molar-refractivity contribution is 6.30. The average molecular weight is 417 g/mol. The molecule has 29 heavy (non-hydrogen) atoms. The van der Waals surface area contributed by atoms with Crippen LogP contribution in [0.4, 0.5) is 0 Å². The highest BCUT2D eigenvalue weighted by atomic mass is 35.5. The molecule has 2 aromatic rings. The molecule has 0 bridgehead atoms. The summed E-state index contributed by atoms with van der Waals surface area (Å²) in [5.74, 6) is 0. The topological polar surface area (TPSA) is 44.7 Å². The Labute approximate surface area is 177 Å². The number of halogens is 1. The van der Waals surface area contributed by atoms with E-state index in [4.69, 9.17) is 26.2 Å². The van der Waals surface area contributed by atoms with Gasteiger partial charge in [-0.3, -0.25) is 0 Å². The third-order valence-corrected chi connectivity index (χ3v) is 5.13. The van der Waals surface area contributed by atoms with Crippen molar-refractivity contribution in [2.24, 2.45) is 0 Å². The molecule has 1 N–H and O–H groups in total. The van der Waals surface area contributed by atoms with Crippen molar-refractivity contribution in [3.63, 3.8) is 0 Å². The maximum Gasteiger partial charge on any atom is 0.228 e. The molecule has 0 amide bonds. The molecule has 0 saturated heterocycles. The maximum atomic E-state index is 8.67. The van der Waals surface area contributed by atoms with Crippen LogP contribution in [0, 0.1) is 0 Å². The lowest BCUT2D eigenvalue weighted by molar-refractivity contribution is -0.623. The maximum absolute atomic E-state index is 8.67. The molecule has 0 spiro atoms. The summed E-state index contributed by atoms with van der Waals surface area (Å²) in [7, 11) is 0. The van der Waals surface area contributed by atoms with Gasteiger partial charge in [-0.05, 0) is 12.1 Å². The number of rotatable bonds is 11. The third kappa shape index (κ3) is 6.75. The number of hydrogen-bond acceptors (Lipinski definition) is 3. The first-order chi connectivity index (χ1) is 14.3. The van der Waals surface area contributed by atoms with Gasteiger partial charge in [0.25, 0.3) is 0 Å². The summed E-state index contributed by atoms with van der Waals surface area (Å²) in [6.45, 7) is 4.86. The lowest BCUT2D eigenvalue weighted by Crippen LogP contribution is -2.36. The fraction of sp³-hybridized carbons (Fsp3) is 0.391. The summed E-state index contributed by atoms with van der Waals surface area (Å²) in [5.41, 5.74) is 2.49. The molecule has 0 radical (unpaired) electrons. The summed E-state index contributed by atoms with van der Waals surface area (Å²) < 4.78 is 15.4. The predicted octanol–water partition coefficient (Wildman–Crippen LogP) is 2.64. The van der Waals surface area contributed by atoms with Gasteiger partial charge >= 0.3 is 0 Å². The fourth-order valence-corrected chi connectivity index (χ4v) is 3.52. The van der Waals surface area contributed by atoms with Crippen LogP contribution in [0.25, 0.3) is 0 Å². The van der Waals surface area contributed by atoms with E-state index in [2.05, 4.69) is 58.0 Å². The molecule has 5 nitrogen and oxygen atoms in total. The van der Waals surface area contributed by atoms with Gasteiger partial charge < -0.3 is 14.6 Å². The van der Waals surface area contributed by atoms with Crippen LogP contribution >= 0.6 is 11.6 Å². The van der Waals surface area contributed by atoms with E-state index in [-0.39, 0.29) is 12.6 Å². The number of aliphatic hydroxyl groups excluding tert-OH is 1. The lowest BCUT2D eigenvalue weighted by atomic mass is 9.98. The number of hydrogen-bond donors (Lipinski definition) is 1. The second-order valence-electron chi connectivity index (χ2n) is 6.89. The van der Waals surface area contributed by atoms with Gasteiger partial charge in [0.2, 0.25) is 31.6 Å². The van der Waals surface area contributed by atoms with E-state index in [1.807, 2.05) is 18.2 Å². The van der Waals surface area contributed by atoms with E-state index in [9.17, 15) is 0 Å². The number of aliphatic hydroxyl groups is 1. The van der Waals surface area contributed by atoms with Crippen LogP contribution in [0.2, 0.25) is 5.02 Å². The second-order valence-corrected chi connectivity index (χ2v) is 7.32. The smallest absolute Gasteiger partial charge is 0.228 e. The van der Waals surface area contributed by atoms with Crippen molar-refractivity contribution in [3.8, 4) is 0 Å². The molecule has 1 aliphatic rings. The lowest BCUT2D eigenvalue weighted by Gasteiger charge is -2.18. The van der Waals surface area contributed by atoms with Crippen molar-refractivity contribution >= 4 is 24.0 Å². The van der Waals surface area contributed by atoms with Gasteiger partial charge in [-0.25, -0.2) is 9.15 Å². The minimum Gasteiger partial charge on any atom is -0.394 e. The van der Waals surface area contributed by atoms with E-state index >= 15 is 0 Å². The summed E-state index contributed by atoms with van der Waals surface area (Å²) in [6.07, 6.45) is 4.31. The van der Waals surface area contributed by atoms with Crippen molar-refractivity contribution in [1.29, 1.82) is 0 Å². The van der Waals surface area contributed by atoms with Gasteiger partial charge in [-0.1, -0.05) is 54.1 Å². The van der Waals surface area contributed by atoms with Crippen molar-refractivity contribution in [2.75, 3.05) is 52.7 Å². The van der Waals surface area contributed by atoms with Crippen LogP contribution in [0.15, 0.2) is 54.6 Å².